The number of halogens is 2. The van der Waals surface area contributed by atoms with Crippen molar-refractivity contribution in [1.29, 1.82) is 0 Å². The molecular weight excluding hydrogens is 267 g/mol. The first kappa shape index (κ1) is 15.9. The fourth-order valence-electron chi connectivity index (χ4n) is 2.58. The summed E-state index contributed by atoms with van der Waals surface area (Å²) in [5, 5.41) is 2.75. The number of anilines is 1. The van der Waals surface area contributed by atoms with Crippen LogP contribution in [0.4, 0.5) is 10.1 Å². The number of nitrogens with one attached hydrogen (secondary N) is 1. The van der Waals surface area contributed by atoms with Gasteiger partial charge in [-0.1, -0.05) is 18.9 Å². The number of carbonyl (C=O) groups excluding carboxylic acids is 1. The topological polar surface area (TPSA) is 55.1 Å². The lowest BCUT2D eigenvalue weighted by molar-refractivity contribution is -0.122. The number of carbonyl (C=O) groups is 1. The van der Waals surface area contributed by atoms with Crippen molar-refractivity contribution in [2.45, 2.75) is 38.1 Å². The minimum absolute atomic E-state index is 0. The van der Waals surface area contributed by atoms with Gasteiger partial charge in [-0.25, -0.2) is 4.39 Å². The van der Waals surface area contributed by atoms with Gasteiger partial charge in [0.05, 0.1) is 5.92 Å². The van der Waals surface area contributed by atoms with Gasteiger partial charge in [-0.2, -0.15) is 0 Å². The molecule has 3 N–H and O–H groups in total. The van der Waals surface area contributed by atoms with Crippen LogP contribution < -0.4 is 11.1 Å². The summed E-state index contributed by atoms with van der Waals surface area (Å²) in [4.78, 5) is 12.2. The van der Waals surface area contributed by atoms with E-state index >= 15 is 0 Å². The summed E-state index contributed by atoms with van der Waals surface area (Å²) in [7, 11) is 0. The molecule has 2 unspecified atom stereocenters. The van der Waals surface area contributed by atoms with Gasteiger partial charge in [0, 0.05) is 11.2 Å². The van der Waals surface area contributed by atoms with E-state index in [2.05, 4.69) is 5.32 Å². The van der Waals surface area contributed by atoms with Gasteiger partial charge >= 0.3 is 0 Å². The smallest absolute Gasteiger partial charge is 0.229 e. The lowest BCUT2D eigenvalue weighted by Crippen LogP contribution is -2.51. The SMILES string of the molecule is CC1(N)CCCCC1C(=O)Nc1cccc(F)c1.Cl. The van der Waals surface area contributed by atoms with E-state index in [1.165, 1.54) is 12.1 Å². The third-order valence-electron chi connectivity index (χ3n) is 3.66. The largest absolute Gasteiger partial charge is 0.326 e. The molecule has 1 amide bonds. The number of nitrogens with two attached hydrogens (primary N) is 1. The van der Waals surface area contributed by atoms with Gasteiger partial charge in [0.25, 0.3) is 0 Å². The molecule has 3 nitrogen and oxygen atoms in total. The van der Waals surface area contributed by atoms with Crippen molar-refractivity contribution in [3.63, 3.8) is 0 Å². The highest BCUT2D eigenvalue weighted by atomic mass is 35.5. The molecule has 1 saturated carbocycles. The molecule has 2 atom stereocenters. The van der Waals surface area contributed by atoms with Gasteiger partial charge in [-0.15, -0.1) is 12.4 Å². The maximum atomic E-state index is 13.0. The fourth-order valence-corrected chi connectivity index (χ4v) is 2.58. The minimum atomic E-state index is -0.463. The van der Waals surface area contributed by atoms with Crippen molar-refractivity contribution in [3.8, 4) is 0 Å². The van der Waals surface area contributed by atoms with Crippen molar-refractivity contribution in [2.75, 3.05) is 5.32 Å². The first-order valence-corrected chi connectivity index (χ1v) is 6.34. The summed E-state index contributed by atoms with van der Waals surface area (Å²) >= 11 is 0. The number of benzene rings is 1. The molecule has 19 heavy (non-hydrogen) atoms. The molecule has 0 saturated heterocycles. The second-order valence-corrected chi connectivity index (χ2v) is 5.30. The zero-order valence-electron chi connectivity index (χ0n) is 11.0. The molecule has 1 fully saturated rings. The number of rotatable bonds is 2. The van der Waals surface area contributed by atoms with E-state index in [1.54, 1.807) is 12.1 Å². The Morgan fingerprint density at radius 1 is 1.47 bits per heavy atom. The van der Waals surface area contributed by atoms with E-state index < -0.39 is 5.54 Å². The van der Waals surface area contributed by atoms with Crippen LogP contribution in [-0.2, 0) is 4.79 Å². The van der Waals surface area contributed by atoms with E-state index in [9.17, 15) is 9.18 Å². The van der Waals surface area contributed by atoms with Gasteiger partial charge in [-0.05, 0) is 38.0 Å². The number of amides is 1. The maximum Gasteiger partial charge on any atom is 0.229 e. The Morgan fingerprint density at radius 3 is 2.84 bits per heavy atom. The minimum Gasteiger partial charge on any atom is -0.326 e. The second-order valence-electron chi connectivity index (χ2n) is 5.30. The average molecular weight is 287 g/mol. The predicted molar refractivity (Wildman–Crippen MR) is 76.8 cm³/mol. The maximum absolute atomic E-state index is 13.0. The van der Waals surface area contributed by atoms with Crippen molar-refractivity contribution in [3.05, 3.63) is 30.1 Å². The Hall–Kier alpha value is -1.13. The molecule has 0 radical (unpaired) electrons. The standard InChI is InChI=1S/C14H19FN2O.ClH/c1-14(16)8-3-2-7-12(14)13(18)17-11-6-4-5-10(15)9-11;/h4-6,9,12H,2-3,7-8,16H2,1H3,(H,17,18);1H. The summed E-state index contributed by atoms with van der Waals surface area (Å²) in [5.41, 5.74) is 6.20. The summed E-state index contributed by atoms with van der Waals surface area (Å²) in [5.74, 6) is -0.660. The number of hydrogen-bond donors (Lipinski definition) is 2. The molecule has 5 heteroatoms. The first-order chi connectivity index (χ1) is 8.49. The van der Waals surface area contributed by atoms with Crippen LogP contribution in [0.2, 0.25) is 0 Å². The van der Waals surface area contributed by atoms with Crippen LogP contribution in [0.3, 0.4) is 0 Å². The zero-order chi connectivity index (χ0) is 13.2. The molecule has 1 aliphatic carbocycles. The summed E-state index contributed by atoms with van der Waals surface area (Å²) in [6.07, 6.45) is 3.74. The van der Waals surface area contributed by atoms with Crippen LogP contribution in [0, 0.1) is 11.7 Å². The van der Waals surface area contributed by atoms with Crippen LogP contribution in [0.15, 0.2) is 24.3 Å². The van der Waals surface area contributed by atoms with Gasteiger partial charge in [0.2, 0.25) is 5.91 Å². The van der Waals surface area contributed by atoms with E-state index in [1.807, 2.05) is 6.92 Å². The van der Waals surface area contributed by atoms with Crippen molar-refractivity contribution in [1.82, 2.24) is 0 Å². The van der Waals surface area contributed by atoms with E-state index in [-0.39, 0.29) is 30.0 Å². The summed E-state index contributed by atoms with van der Waals surface area (Å²) < 4.78 is 13.0. The Labute approximate surface area is 119 Å². The van der Waals surface area contributed by atoms with E-state index in [4.69, 9.17) is 5.73 Å². The third-order valence-corrected chi connectivity index (χ3v) is 3.66. The van der Waals surface area contributed by atoms with Crippen LogP contribution in [0.5, 0.6) is 0 Å². The van der Waals surface area contributed by atoms with Crippen LogP contribution in [0.1, 0.15) is 32.6 Å². The molecule has 2 rings (SSSR count). The molecular formula is C14H20ClFN2O. The molecule has 1 aromatic rings. The van der Waals surface area contributed by atoms with Crippen molar-refractivity contribution in [2.24, 2.45) is 11.7 Å². The highest BCUT2D eigenvalue weighted by Gasteiger charge is 2.37. The summed E-state index contributed by atoms with van der Waals surface area (Å²) in [6, 6.07) is 5.92. The molecule has 0 aromatic heterocycles. The predicted octanol–water partition coefficient (Wildman–Crippen LogP) is 3.09. The lowest BCUT2D eigenvalue weighted by atomic mass is 9.74. The average Bonchev–Trinajstić information content (AvgIpc) is 2.28. The van der Waals surface area contributed by atoms with Crippen LogP contribution in [0.25, 0.3) is 0 Å². The molecule has 106 valence electrons. The quantitative estimate of drug-likeness (QED) is 0.878. The lowest BCUT2D eigenvalue weighted by Gasteiger charge is -2.37. The second kappa shape index (κ2) is 6.35. The molecule has 0 heterocycles. The Morgan fingerprint density at radius 2 is 2.21 bits per heavy atom. The van der Waals surface area contributed by atoms with Gasteiger partial charge in [0.1, 0.15) is 5.82 Å². The summed E-state index contributed by atoms with van der Waals surface area (Å²) in [6.45, 7) is 1.92. The van der Waals surface area contributed by atoms with Gasteiger partial charge < -0.3 is 11.1 Å². The van der Waals surface area contributed by atoms with E-state index in [0.29, 0.717) is 5.69 Å². The molecule has 1 aliphatic rings. The monoisotopic (exact) mass is 286 g/mol. The molecule has 0 aliphatic heterocycles. The van der Waals surface area contributed by atoms with Gasteiger partial charge in [-0.3, -0.25) is 4.79 Å². The Bertz CT molecular complexity index is 451. The first-order valence-electron chi connectivity index (χ1n) is 6.34. The molecule has 0 bridgehead atoms. The van der Waals surface area contributed by atoms with Gasteiger partial charge in [0.15, 0.2) is 0 Å². The van der Waals surface area contributed by atoms with Crippen molar-refractivity contribution < 1.29 is 9.18 Å². The number of hydrogen-bond acceptors (Lipinski definition) is 2. The van der Waals surface area contributed by atoms with Crippen LogP contribution >= 0.6 is 12.4 Å². The fraction of sp³-hybridized carbons (Fsp3) is 0.500. The highest BCUT2D eigenvalue weighted by Crippen LogP contribution is 2.32. The Kier molecular flexibility index (Phi) is 5.32. The molecule has 1 aromatic carbocycles. The third kappa shape index (κ3) is 3.91. The normalized spacial score (nSPS) is 26.4. The highest BCUT2D eigenvalue weighted by molar-refractivity contribution is 5.93. The Balaban J connectivity index is 0.00000180. The van der Waals surface area contributed by atoms with Crippen molar-refractivity contribution >= 4 is 24.0 Å². The van der Waals surface area contributed by atoms with E-state index in [0.717, 1.165) is 25.7 Å². The molecule has 0 spiro atoms. The van der Waals surface area contributed by atoms with Crippen LogP contribution in [-0.4, -0.2) is 11.4 Å². The zero-order valence-corrected chi connectivity index (χ0v) is 11.8.